The number of pyridine rings is 1. The van der Waals surface area contributed by atoms with Gasteiger partial charge in [-0.05, 0) is 57.5 Å². The second-order valence-electron chi connectivity index (χ2n) is 8.91. The van der Waals surface area contributed by atoms with Gasteiger partial charge in [0.2, 0.25) is 10.0 Å². The highest BCUT2D eigenvalue weighted by Crippen LogP contribution is 2.19. The Labute approximate surface area is 192 Å². The Kier molecular flexibility index (Phi) is 5.81. The second kappa shape index (κ2) is 8.45. The third kappa shape index (κ3) is 5.29. The molecule has 4 aromatic rings. The van der Waals surface area contributed by atoms with E-state index < -0.39 is 21.5 Å². The number of carbonyl (C=O) groups excluding carboxylic acids is 1. The Hall–Kier alpha value is -3.50. The van der Waals surface area contributed by atoms with E-state index in [4.69, 9.17) is 0 Å². The molecule has 172 valence electrons. The molecule has 0 unspecified atom stereocenters. The van der Waals surface area contributed by atoms with E-state index >= 15 is 0 Å². The topological polar surface area (TPSA) is 110 Å². The monoisotopic (exact) mass is 466 g/mol. The second-order valence-corrected chi connectivity index (χ2v) is 10.6. The predicted molar refractivity (Wildman–Crippen MR) is 126 cm³/mol. The molecule has 0 saturated carbocycles. The average molecular weight is 467 g/mol. The highest BCUT2D eigenvalue weighted by atomic mass is 32.2. The number of aromatic nitrogens is 4. The van der Waals surface area contributed by atoms with Crippen LogP contribution >= 0.6 is 0 Å². The first kappa shape index (κ1) is 22.7. The molecular formula is C23H26N6O3S. The molecule has 0 fully saturated rings. The van der Waals surface area contributed by atoms with Crippen LogP contribution in [0.1, 0.15) is 42.4 Å². The Balaban J connectivity index is 1.50. The van der Waals surface area contributed by atoms with Crippen LogP contribution in [-0.4, -0.2) is 39.0 Å². The van der Waals surface area contributed by atoms with Gasteiger partial charge in [-0.25, -0.2) is 18.1 Å². The summed E-state index contributed by atoms with van der Waals surface area (Å²) in [4.78, 5) is 17.5. The number of anilines is 1. The summed E-state index contributed by atoms with van der Waals surface area (Å²) in [6, 6.07) is 10.3. The van der Waals surface area contributed by atoms with Crippen molar-refractivity contribution in [3.8, 4) is 0 Å². The number of hydrogen-bond acceptors (Lipinski definition) is 5. The molecule has 1 amide bonds. The first-order valence-electron chi connectivity index (χ1n) is 10.4. The maximum Gasteiger partial charge on any atom is 0.256 e. The zero-order valence-electron chi connectivity index (χ0n) is 18.9. The molecule has 0 bridgehead atoms. The van der Waals surface area contributed by atoms with Crippen LogP contribution in [0.2, 0.25) is 0 Å². The highest BCUT2D eigenvalue weighted by Gasteiger charge is 2.23. The average Bonchev–Trinajstić information content (AvgIpc) is 3.32. The molecule has 0 aliphatic carbocycles. The molecule has 0 radical (unpaired) electrons. The van der Waals surface area contributed by atoms with Crippen LogP contribution in [-0.2, 0) is 16.6 Å². The van der Waals surface area contributed by atoms with Gasteiger partial charge in [-0.3, -0.25) is 9.48 Å². The first-order chi connectivity index (χ1) is 15.5. The van der Waals surface area contributed by atoms with Gasteiger partial charge in [0.15, 0.2) is 0 Å². The molecule has 3 heterocycles. The number of carbonyl (C=O) groups is 1. The Morgan fingerprint density at radius 1 is 1.12 bits per heavy atom. The Bertz CT molecular complexity index is 1400. The van der Waals surface area contributed by atoms with E-state index in [1.54, 1.807) is 50.8 Å². The minimum absolute atomic E-state index is 0.0377. The van der Waals surface area contributed by atoms with Gasteiger partial charge in [0.25, 0.3) is 5.91 Å². The minimum Gasteiger partial charge on any atom is -0.319 e. The third-order valence-corrected chi connectivity index (χ3v) is 6.59. The number of aryl methyl sites for hydroxylation is 1. The van der Waals surface area contributed by atoms with Gasteiger partial charge in [0.05, 0.1) is 29.0 Å². The van der Waals surface area contributed by atoms with Crippen molar-refractivity contribution in [1.29, 1.82) is 0 Å². The van der Waals surface area contributed by atoms with Crippen LogP contribution in [0, 0.1) is 6.92 Å². The van der Waals surface area contributed by atoms with Crippen molar-refractivity contribution in [3.63, 3.8) is 0 Å². The van der Waals surface area contributed by atoms with Crippen LogP contribution in [0.3, 0.4) is 0 Å². The van der Waals surface area contributed by atoms with Crippen LogP contribution in [0.15, 0.2) is 66.1 Å². The van der Waals surface area contributed by atoms with Crippen molar-refractivity contribution in [2.75, 3.05) is 5.32 Å². The fraction of sp³-hybridized carbons (Fsp3) is 0.261. The van der Waals surface area contributed by atoms with Gasteiger partial charge >= 0.3 is 0 Å². The van der Waals surface area contributed by atoms with Crippen LogP contribution in [0.5, 0.6) is 0 Å². The zero-order chi connectivity index (χ0) is 23.8. The molecule has 0 atom stereocenters. The molecule has 10 heteroatoms. The van der Waals surface area contributed by atoms with E-state index in [-0.39, 0.29) is 10.5 Å². The number of fused-ring (bicyclic) bond motifs is 1. The Morgan fingerprint density at radius 2 is 1.91 bits per heavy atom. The number of imidazole rings is 1. The van der Waals surface area contributed by atoms with Gasteiger partial charge in [-0.1, -0.05) is 12.1 Å². The molecule has 2 N–H and O–H groups in total. The molecule has 0 spiro atoms. The number of rotatable bonds is 6. The molecule has 0 aliphatic heterocycles. The van der Waals surface area contributed by atoms with Crippen molar-refractivity contribution >= 4 is 27.3 Å². The van der Waals surface area contributed by atoms with Crippen molar-refractivity contribution in [1.82, 2.24) is 23.9 Å². The minimum atomic E-state index is -3.76. The summed E-state index contributed by atoms with van der Waals surface area (Å²) < 4.78 is 31.6. The predicted octanol–water partition coefficient (Wildman–Crippen LogP) is 3.22. The Morgan fingerprint density at radius 3 is 2.64 bits per heavy atom. The van der Waals surface area contributed by atoms with Gasteiger partial charge in [0.1, 0.15) is 5.65 Å². The molecule has 3 aromatic heterocycles. The van der Waals surface area contributed by atoms with Gasteiger partial charge in [-0.15, -0.1) is 0 Å². The van der Waals surface area contributed by atoms with E-state index in [0.29, 0.717) is 17.8 Å². The molecule has 0 saturated heterocycles. The van der Waals surface area contributed by atoms with Crippen molar-refractivity contribution in [2.45, 2.75) is 44.7 Å². The van der Waals surface area contributed by atoms with E-state index in [0.717, 1.165) is 11.3 Å². The summed E-state index contributed by atoms with van der Waals surface area (Å²) in [6.45, 7) is 7.49. The lowest BCUT2D eigenvalue weighted by Crippen LogP contribution is -2.40. The smallest absolute Gasteiger partial charge is 0.256 e. The van der Waals surface area contributed by atoms with Gasteiger partial charge in [-0.2, -0.15) is 5.10 Å². The lowest BCUT2D eigenvalue weighted by Gasteiger charge is -2.20. The number of hydrogen-bond donors (Lipinski definition) is 2. The fourth-order valence-corrected chi connectivity index (χ4v) is 4.86. The van der Waals surface area contributed by atoms with E-state index in [2.05, 4.69) is 20.1 Å². The fourth-order valence-electron chi connectivity index (χ4n) is 3.42. The molecule has 0 aliphatic rings. The van der Waals surface area contributed by atoms with Crippen LogP contribution in [0.4, 0.5) is 5.69 Å². The standard InChI is InChI=1S/C23H26N6O3S/c1-16-8-9-19(33(31,32)27-23(2,3)4)11-20(16)22(30)26-17-12-24-29(14-17)15-18-13-28-10-6-5-7-21(28)25-18/h5-14,27H,15H2,1-4H3,(H,26,30). The number of sulfonamides is 1. The lowest BCUT2D eigenvalue weighted by molar-refractivity contribution is 0.102. The SMILES string of the molecule is Cc1ccc(S(=O)(=O)NC(C)(C)C)cc1C(=O)Nc1cnn(Cc2cn3ccccc3n2)c1. The van der Waals surface area contributed by atoms with E-state index in [1.165, 1.54) is 12.1 Å². The summed E-state index contributed by atoms with van der Waals surface area (Å²) in [5.41, 5.74) is 2.49. The number of nitrogens with zero attached hydrogens (tertiary/aromatic N) is 4. The van der Waals surface area contributed by atoms with Gasteiger partial charge < -0.3 is 9.72 Å². The van der Waals surface area contributed by atoms with E-state index in [1.807, 2.05) is 35.0 Å². The molecule has 1 aromatic carbocycles. The third-order valence-electron chi connectivity index (χ3n) is 4.83. The van der Waals surface area contributed by atoms with Crippen molar-refractivity contribution in [3.05, 3.63) is 78.0 Å². The lowest BCUT2D eigenvalue weighted by atomic mass is 10.1. The first-order valence-corrected chi connectivity index (χ1v) is 11.9. The normalized spacial score (nSPS) is 12.2. The summed E-state index contributed by atoms with van der Waals surface area (Å²) in [7, 11) is -3.76. The number of nitrogens with one attached hydrogen (secondary N) is 2. The van der Waals surface area contributed by atoms with Crippen LogP contribution < -0.4 is 10.0 Å². The maximum absolute atomic E-state index is 12.9. The van der Waals surface area contributed by atoms with Crippen molar-refractivity contribution < 1.29 is 13.2 Å². The quantitative estimate of drug-likeness (QED) is 0.453. The summed E-state index contributed by atoms with van der Waals surface area (Å²) in [6.07, 6.45) is 7.11. The summed E-state index contributed by atoms with van der Waals surface area (Å²) >= 11 is 0. The summed E-state index contributed by atoms with van der Waals surface area (Å²) in [5.74, 6) is -0.410. The number of benzene rings is 1. The molecule has 33 heavy (non-hydrogen) atoms. The molecule has 9 nitrogen and oxygen atoms in total. The summed E-state index contributed by atoms with van der Waals surface area (Å²) in [5, 5.41) is 7.09. The molecule has 4 rings (SSSR count). The molecular weight excluding hydrogens is 440 g/mol. The van der Waals surface area contributed by atoms with Crippen LogP contribution in [0.25, 0.3) is 5.65 Å². The maximum atomic E-state index is 12.9. The van der Waals surface area contributed by atoms with Crippen molar-refractivity contribution in [2.24, 2.45) is 0 Å². The zero-order valence-corrected chi connectivity index (χ0v) is 19.7. The van der Waals surface area contributed by atoms with E-state index in [9.17, 15) is 13.2 Å². The van der Waals surface area contributed by atoms with Gasteiger partial charge in [0, 0.05) is 29.7 Å². The highest BCUT2D eigenvalue weighted by molar-refractivity contribution is 7.89. The number of amides is 1. The largest absolute Gasteiger partial charge is 0.319 e.